The Kier molecular flexibility index (Phi) is 4.18. The molecule has 0 saturated carbocycles. The summed E-state index contributed by atoms with van der Waals surface area (Å²) in [6.07, 6.45) is 3.55. The number of fused-ring (bicyclic) bond motifs is 1. The highest BCUT2D eigenvalue weighted by atomic mass is 79.9. The van der Waals surface area contributed by atoms with Crippen molar-refractivity contribution in [2.24, 2.45) is 5.73 Å². The number of pyridine rings is 1. The number of ether oxygens (including phenoxy) is 1. The van der Waals surface area contributed by atoms with Crippen LogP contribution in [0.1, 0.15) is 11.1 Å². The van der Waals surface area contributed by atoms with Gasteiger partial charge in [0, 0.05) is 34.5 Å². The molecule has 3 nitrogen and oxygen atoms in total. The minimum Gasteiger partial charge on any atom is -0.488 e. The van der Waals surface area contributed by atoms with Crippen LogP contribution >= 0.6 is 15.9 Å². The Balaban J connectivity index is 1.90. The summed E-state index contributed by atoms with van der Waals surface area (Å²) in [7, 11) is 0. The van der Waals surface area contributed by atoms with Crippen LogP contribution in [0.5, 0.6) is 5.75 Å². The quantitative estimate of drug-likeness (QED) is 0.778. The highest BCUT2D eigenvalue weighted by Gasteiger charge is 2.07. The maximum Gasteiger partial charge on any atom is 0.124 e. The fourth-order valence-corrected chi connectivity index (χ4v) is 2.77. The van der Waals surface area contributed by atoms with E-state index >= 15 is 0 Å². The average Bonchev–Trinajstić information content (AvgIpc) is 2.52. The van der Waals surface area contributed by atoms with Crippen molar-refractivity contribution in [3.05, 3.63) is 70.5 Å². The van der Waals surface area contributed by atoms with E-state index < -0.39 is 0 Å². The van der Waals surface area contributed by atoms with Gasteiger partial charge in [0.25, 0.3) is 0 Å². The van der Waals surface area contributed by atoms with Gasteiger partial charge in [0.15, 0.2) is 0 Å². The first-order valence-electron chi connectivity index (χ1n) is 6.71. The molecule has 2 N–H and O–H groups in total. The molecule has 3 rings (SSSR count). The molecule has 0 atom stereocenters. The molecule has 0 unspecified atom stereocenters. The highest BCUT2D eigenvalue weighted by Crippen LogP contribution is 2.28. The van der Waals surface area contributed by atoms with E-state index in [4.69, 9.17) is 10.5 Å². The van der Waals surface area contributed by atoms with Crippen molar-refractivity contribution >= 4 is 26.7 Å². The van der Waals surface area contributed by atoms with Gasteiger partial charge < -0.3 is 10.5 Å². The van der Waals surface area contributed by atoms with Gasteiger partial charge in [0.05, 0.1) is 0 Å². The number of rotatable bonds is 4. The molecule has 2 aromatic carbocycles. The number of aromatic nitrogens is 1. The molecule has 0 spiro atoms. The van der Waals surface area contributed by atoms with Gasteiger partial charge in [-0.2, -0.15) is 0 Å². The lowest BCUT2D eigenvalue weighted by Gasteiger charge is -2.13. The lowest BCUT2D eigenvalue weighted by Crippen LogP contribution is -2.04. The van der Waals surface area contributed by atoms with Gasteiger partial charge >= 0.3 is 0 Å². The van der Waals surface area contributed by atoms with Gasteiger partial charge in [-0.3, -0.25) is 4.98 Å². The molecule has 3 aromatic rings. The molecule has 1 heterocycles. The summed E-state index contributed by atoms with van der Waals surface area (Å²) < 4.78 is 6.88. The molecule has 0 bridgehead atoms. The molecule has 0 radical (unpaired) electrons. The summed E-state index contributed by atoms with van der Waals surface area (Å²) in [5, 5.41) is 2.32. The zero-order valence-corrected chi connectivity index (χ0v) is 13.0. The third-order valence-electron chi connectivity index (χ3n) is 3.36. The lowest BCUT2D eigenvalue weighted by atomic mass is 10.0. The van der Waals surface area contributed by atoms with Crippen LogP contribution in [0, 0.1) is 0 Å². The van der Waals surface area contributed by atoms with E-state index in [-0.39, 0.29) is 0 Å². The van der Waals surface area contributed by atoms with Crippen molar-refractivity contribution in [1.29, 1.82) is 0 Å². The molecule has 4 heteroatoms. The topological polar surface area (TPSA) is 48.1 Å². The number of halogens is 1. The molecule has 0 saturated heterocycles. The van der Waals surface area contributed by atoms with Crippen molar-refractivity contribution in [2.45, 2.75) is 13.2 Å². The zero-order valence-electron chi connectivity index (χ0n) is 11.4. The smallest absolute Gasteiger partial charge is 0.124 e. The van der Waals surface area contributed by atoms with Crippen molar-refractivity contribution in [3.8, 4) is 5.75 Å². The normalized spacial score (nSPS) is 10.8. The first-order chi connectivity index (χ1) is 10.3. The Labute approximate surface area is 131 Å². The molecule has 0 aliphatic carbocycles. The molecule has 21 heavy (non-hydrogen) atoms. The second-order valence-corrected chi connectivity index (χ2v) is 5.68. The van der Waals surface area contributed by atoms with E-state index in [1.165, 1.54) is 5.39 Å². The zero-order chi connectivity index (χ0) is 14.7. The Morgan fingerprint density at radius 2 is 1.95 bits per heavy atom. The fourth-order valence-electron chi connectivity index (χ4n) is 2.36. The number of hydrogen-bond donors (Lipinski definition) is 1. The van der Waals surface area contributed by atoms with Gasteiger partial charge in [-0.1, -0.05) is 30.3 Å². The minimum absolute atomic E-state index is 0.452. The van der Waals surface area contributed by atoms with Crippen LogP contribution < -0.4 is 10.5 Å². The fraction of sp³-hybridized carbons (Fsp3) is 0.118. The van der Waals surface area contributed by atoms with E-state index in [1.54, 1.807) is 12.4 Å². The minimum atomic E-state index is 0.452. The molecule has 106 valence electrons. The van der Waals surface area contributed by atoms with Crippen LogP contribution in [0.4, 0.5) is 0 Å². The SMILES string of the molecule is NCc1c(OCc2cncc(Br)c2)ccc2ccccc12. The maximum absolute atomic E-state index is 5.94. The number of benzene rings is 2. The summed E-state index contributed by atoms with van der Waals surface area (Å²) in [6.45, 7) is 0.922. The van der Waals surface area contributed by atoms with Gasteiger partial charge in [0.1, 0.15) is 12.4 Å². The predicted octanol–water partition coefficient (Wildman–Crippen LogP) is 4.04. The van der Waals surface area contributed by atoms with Gasteiger partial charge in [0.2, 0.25) is 0 Å². The molecule has 0 aliphatic heterocycles. The molecule has 0 aliphatic rings. The first-order valence-corrected chi connectivity index (χ1v) is 7.50. The number of nitrogens with zero attached hydrogens (tertiary/aromatic N) is 1. The van der Waals surface area contributed by atoms with Crippen LogP contribution in [0.3, 0.4) is 0 Å². The second kappa shape index (κ2) is 6.24. The summed E-state index contributed by atoms with van der Waals surface area (Å²) in [5.74, 6) is 0.830. The van der Waals surface area contributed by atoms with E-state index in [0.29, 0.717) is 13.2 Å². The Morgan fingerprint density at radius 3 is 2.76 bits per heavy atom. The van der Waals surface area contributed by atoms with E-state index in [1.807, 2.05) is 24.3 Å². The molecule has 0 amide bonds. The number of nitrogens with two attached hydrogens (primary N) is 1. The number of hydrogen-bond acceptors (Lipinski definition) is 3. The largest absolute Gasteiger partial charge is 0.488 e. The average molecular weight is 343 g/mol. The summed E-state index contributed by atoms with van der Waals surface area (Å²) >= 11 is 3.41. The van der Waals surface area contributed by atoms with Crippen LogP contribution in [0.15, 0.2) is 59.3 Å². The van der Waals surface area contributed by atoms with Gasteiger partial charge in [-0.05, 0) is 38.8 Å². The maximum atomic E-state index is 5.94. The van der Waals surface area contributed by atoms with Crippen LogP contribution in [-0.4, -0.2) is 4.98 Å². The first kappa shape index (κ1) is 14.0. The second-order valence-electron chi connectivity index (χ2n) is 4.77. The van der Waals surface area contributed by atoms with E-state index in [0.717, 1.165) is 26.7 Å². The third kappa shape index (κ3) is 3.06. The Morgan fingerprint density at radius 1 is 1.10 bits per heavy atom. The van der Waals surface area contributed by atoms with Crippen LogP contribution in [0.25, 0.3) is 10.8 Å². The van der Waals surface area contributed by atoms with Crippen LogP contribution in [-0.2, 0) is 13.2 Å². The van der Waals surface area contributed by atoms with Crippen molar-refractivity contribution in [3.63, 3.8) is 0 Å². The Hall–Kier alpha value is -1.91. The summed E-state index contributed by atoms with van der Waals surface area (Å²) in [6, 6.07) is 14.2. The monoisotopic (exact) mass is 342 g/mol. The standard InChI is InChI=1S/C17H15BrN2O/c18-14-7-12(9-20-10-14)11-21-17-6-5-13-3-1-2-4-15(13)16(17)8-19/h1-7,9-10H,8,11,19H2. The third-order valence-corrected chi connectivity index (χ3v) is 3.79. The van der Waals surface area contributed by atoms with E-state index in [9.17, 15) is 0 Å². The summed E-state index contributed by atoms with van der Waals surface area (Å²) in [4.78, 5) is 4.14. The van der Waals surface area contributed by atoms with E-state index in [2.05, 4.69) is 39.1 Å². The van der Waals surface area contributed by atoms with Crippen LogP contribution in [0.2, 0.25) is 0 Å². The Bertz CT molecular complexity index is 774. The van der Waals surface area contributed by atoms with Gasteiger partial charge in [-0.15, -0.1) is 0 Å². The summed E-state index contributed by atoms with van der Waals surface area (Å²) in [5.41, 5.74) is 7.96. The lowest BCUT2D eigenvalue weighted by molar-refractivity contribution is 0.303. The van der Waals surface area contributed by atoms with Crippen molar-refractivity contribution < 1.29 is 4.74 Å². The molecule has 1 aromatic heterocycles. The highest BCUT2D eigenvalue weighted by molar-refractivity contribution is 9.10. The molecular weight excluding hydrogens is 328 g/mol. The predicted molar refractivity (Wildman–Crippen MR) is 88.1 cm³/mol. The van der Waals surface area contributed by atoms with Crippen molar-refractivity contribution in [2.75, 3.05) is 0 Å². The molecular formula is C17H15BrN2O. The van der Waals surface area contributed by atoms with Crippen molar-refractivity contribution in [1.82, 2.24) is 4.98 Å². The molecule has 0 fully saturated rings. The van der Waals surface area contributed by atoms with Gasteiger partial charge in [-0.25, -0.2) is 0 Å².